The Morgan fingerprint density at radius 1 is 1.21 bits per heavy atom. The quantitative estimate of drug-likeness (QED) is 0.761. The van der Waals surface area contributed by atoms with Crippen molar-refractivity contribution in [3.8, 4) is 5.75 Å². The number of pyridine rings is 2. The standard InChI is InChI=1S/C12H9N3O4/c16-8-4-7(5-13-6-8)11(17)15-10-3-1-2-9(14-10)12(18)19/h1-6,16H,(H,18,19)(H,14,15,17). The number of aromatic nitrogens is 2. The summed E-state index contributed by atoms with van der Waals surface area (Å²) < 4.78 is 0. The molecular formula is C12H9N3O4. The van der Waals surface area contributed by atoms with Gasteiger partial charge in [-0.25, -0.2) is 9.78 Å². The number of nitrogens with one attached hydrogen (secondary N) is 1. The minimum atomic E-state index is -1.19. The maximum atomic E-state index is 11.8. The van der Waals surface area contributed by atoms with Crippen LogP contribution >= 0.6 is 0 Å². The van der Waals surface area contributed by atoms with Gasteiger partial charge in [-0.05, 0) is 18.2 Å². The van der Waals surface area contributed by atoms with Crippen LogP contribution in [0.1, 0.15) is 20.8 Å². The fourth-order valence-corrected chi connectivity index (χ4v) is 1.36. The second kappa shape index (κ2) is 5.13. The molecule has 19 heavy (non-hydrogen) atoms. The molecule has 96 valence electrons. The molecule has 0 spiro atoms. The number of carboxylic acids is 1. The average Bonchev–Trinajstić information content (AvgIpc) is 2.39. The van der Waals surface area contributed by atoms with Crippen LogP contribution in [0.4, 0.5) is 5.82 Å². The number of rotatable bonds is 3. The first-order valence-electron chi connectivity index (χ1n) is 5.22. The molecule has 0 fully saturated rings. The normalized spacial score (nSPS) is 9.89. The zero-order valence-electron chi connectivity index (χ0n) is 9.57. The van der Waals surface area contributed by atoms with Gasteiger partial charge >= 0.3 is 5.97 Å². The molecule has 0 aromatic carbocycles. The van der Waals surface area contributed by atoms with Crippen molar-refractivity contribution in [3.05, 3.63) is 47.9 Å². The minimum absolute atomic E-state index is 0.105. The molecule has 0 aliphatic carbocycles. The Kier molecular flexibility index (Phi) is 3.37. The largest absolute Gasteiger partial charge is 0.506 e. The number of aromatic carboxylic acids is 1. The Labute approximate surface area is 107 Å². The van der Waals surface area contributed by atoms with Crippen molar-refractivity contribution >= 4 is 17.7 Å². The van der Waals surface area contributed by atoms with E-state index in [2.05, 4.69) is 15.3 Å². The van der Waals surface area contributed by atoms with Crippen LogP contribution in [-0.2, 0) is 0 Å². The molecule has 7 heteroatoms. The van der Waals surface area contributed by atoms with Crippen LogP contribution in [0.5, 0.6) is 5.75 Å². The van der Waals surface area contributed by atoms with Gasteiger partial charge in [0.25, 0.3) is 5.91 Å². The monoisotopic (exact) mass is 259 g/mol. The van der Waals surface area contributed by atoms with Crippen molar-refractivity contribution < 1.29 is 19.8 Å². The zero-order chi connectivity index (χ0) is 13.8. The van der Waals surface area contributed by atoms with Gasteiger partial charge in [0.2, 0.25) is 0 Å². The van der Waals surface area contributed by atoms with Gasteiger partial charge in [0, 0.05) is 6.20 Å². The summed E-state index contributed by atoms with van der Waals surface area (Å²) in [5, 5.41) is 20.4. The number of carboxylic acid groups (broad SMARTS) is 1. The fourth-order valence-electron chi connectivity index (χ4n) is 1.36. The molecule has 0 saturated heterocycles. The molecule has 7 nitrogen and oxygen atoms in total. The van der Waals surface area contributed by atoms with Crippen molar-refractivity contribution in [1.82, 2.24) is 9.97 Å². The van der Waals surface area contributed by atoms with Crippen LogP contribution < -0.4 is 5.32 Å². The highest BCUT2D eigenvalue weighted by Gasteiger charge is 2.10. The lowest BCUT2D eigenvalue weighted by Gasteiger charge is -2.05. The van der Waals surface area contributed by atoms with Crippen molar-refractivity contribution in [2.24, 2.45) is 0 Å². The summed E-state index contributed by atoms with van der Waals surface area (Å²) in [5.41, 5.74) is -0.0330. The molecule has 2 aromatic rings. The maximum Gasteiger partial charge on any atom is 0.354 e. The van der Waals surface area contributed by atoms with Crippen molar-refractivity contribution in [2.45, 2.75) is 0 Å². The lowest BCUT2D eigenvalue weighted by Crippen LogP contribution is -2.14. The van der Waals surface area contributed by atoms with Gasteiger partial charge in [0.1, 0.15) is 11.6 Å². The number of hydrogen-bond acceptors (Lipinski definition) is 5. The Hall–Kier alpha value is -2.96. The fraction of sp³-hybridized carbons (Fsp3) is 0. The number of carbonyl (C=O) groups is 2. The van der Waals surface area contributed by atoms with Gasteiger partial charge in [-0.15, -0.1) is 0 Å². The number of amides is 1. The Morgan fingerprint density at radius 2 is 2.00 bits per heavy atom. The molecule has 2 rings (SSSR count). The molecular weight excluding hydrogens is 250 g/mol. The van der Waals surface area contributed by atoms with Gasteiger partial charge in [0.05, 0.1) is 11.8 Å². The molecule has 2 heterocycles. The van der Waals surface area contributed by atoms with Gasteiger partial charge in [0.15, 0.2) is 5.69 Å². The molecule has 2 aromatic heterocycles. The lowest BCUT2D eigenvalue weighted by atomic mass is 10.2. The summed E-state index contributed by atoms with van der Waals surface area (Å²) in [4.78, 5) is 29.9. The first-order valence-corrected chi connectivity index (χ1v) is 5.22. The minimum Gasteiger partial charge on any atom is -0.506 e. The van der Waals surface area contributed by atoms with E-state index in [1.807, 2.05) is 0 Å². The van der Waals surface area contributed by atoms with E-state index >= 15 is 0 Å². The third-order valence-corrected chi connectivity index (χ3v) is 2.20. The lowest BCUT2D eigenvalue weighted by molar-refractivity contribution is 0.0690. The molecule has 0 unspecified atom stereocenters. The predicted molar refractivity (Wildman–Crippen MR) is 65.1 cm³/mol. The Balaban J connectivity index is 2.19. The van der Waals surface area contributed by atoms with Crippen LogP contribution in [0, 0.1) is 0 Å². The first kappa shape index (κ1) is 12.5. The average molecular weight is 259 g/mol. The van der Waals surface area contributed by atoms with E-state index in [0.29, 0.717) is 0 Å². The van der Waals surface area contributed by atoms with Crippen molar-refractivity contribution in [3.63, 3.8) is 0 Å². The molecule has 0 aliphatic rings. The molecule has 0 atom stereocenters. The molecule has 0 aliphatic heterocycles. The first-order chi connectivity index (χ1) is 9.06. The van der Waals surface area contributed by atoms with Crippen molar-refractivity contribution in [2.75, 3.05) is 5.32 Å². The predicted octanol–water partition coefficient (Wildman–Crippen LogP) is 1.13. The number of anilines is 1. The summed E-state index contributed by atoms with van der Waals surface area (Å²) in [6.07, 6.45) is 2.47. The third-order valence-electron chi connectivity index (χ3n) is 2.20. The van der Waals surface area contributed by atoms with E-state index < -0.39 is 11.9 Å². The highest BCUT2D eigenvalue weighted by Crippen LogP contribution is 2.11. The van der Waals surface area contributed by atoms with Gasteiger partial charge in [-0.1, -0.05) is 6.07 Å². The third kappa shape index (κ3) is 3.03. The van der Waals surface area contributed by atoms with Gasteiger partial charge in [-0.3, -0.25) is 9.78 Å². The Morgan fingerprint density at radius 3 is 2.68 bits per heavy atom. The van der Waals surface area contributed by atoms with Crippen molar-refractivity contribution in [1.29, 1.82) is 0 Å². The smallest absolute Gasteiger partial charge is 0.354 e. The van der Waals surface area contributed by atoms with E-state index in [1.54, 1.807) is 0 Å². The van der Waals surface area contributed by atoms with Crippen LogP contribution in [0.2, 0.25) is 0 Å². The molecule has 1 amide bonds. The van der Waals surface area contributed by atoms with E-state index in [1.165, 1.54) is 36.7 Å². The Bertz CT molecular complexity index is 642. The number of hydrogen-bond donors (Lipinski definition) is 3. The summed E-state index contributed by atoms with van der Waals surface area (Å²) in [6.45, 7) is 0. The SMILES string of the molecule is O=C(Nc1cccc(C(=O)O)n1)c1cncc(O)c1. The highest BCUT2D eigenvalue weighted by atomic mass is 16.4. The second-order valence-corrected chi connectivity index (χ2v) is 3.60. The number of nitrogens with zero attached hydrogens (tertiary/aromatic N) is 2. The summed E-state index contributed by atoms with van der Waals surface area (Å²) in [7, 11) is 0. The summed E-state index contributed by atoms with van der Waals surface area (Å²) in [6, 6.07) is 5.48. The van der Waals surface area contributed by atoms with E-state index in [4.69, 9.17) is 5.11 Å². The highest BCUT2D eigenvalue weighted by molar-refractivity contribution is 6.03. The van der Waals surface area contributed by atoms with E-state index in [-0.39, 0.29) is 22.8 Å². The maximum absolute atomic E-state index is 11.8. The second-order valence-electron chi connectivity index (χ2n) is 3.60. The van der Waals surface area contributed by atoms with E-state index in [9.17, 15) is 14.7 Å². The zero-order valence-corrected chi connectivity index (χ0v) is 9.57. The van der Waals surface area contributed by atoms with Gasteiger partial charge in [-0.2, -0.15) is 0 Å². The van der Waals surface area contributed by atoms with E-state index in [0.717, 1.165) is 0 Å². The van der Waals surface area contributed by atoms with Crippen LogP contribution in [0.15, 0.2) is 36.7 Å². The molecule has 0 saturated carbocycles. The van der Waals surface area contributed by atoms with Crippen LogP contribution in [-0.4, -0.2) is 32.1 Å². The topological polar surface area (TPSA) is 112 Å². The molecule has 3 N–H and O–H groups in total. The molecule has 0 radical (unpaired) electrons. The van der Waals surface area contributed by atoms with Gasteiger partial charge < -0.3 is 15.5 Å². The summed E-state index contributed by atoms with van der Waals surface area (Å²) >= 11 is 0. The molecule has 0 bridgehead atoms. The number of carbonyl (C=O) groups excluding carboxylic acids is 1. The number of aromatic hydroxyl groups is 1. The van der Waals surface area contributed by atoms with Crippen LogP contribution in [0.3, 0.4) is 0 Å². The summed E-state index contributed by atoms with van der Waals surface area (Å²) in [5.74, 6) is -1.76. The van der Waals surface area contributed by atoms with Crippen LogP contribution in [0.25, 0.3) is 0 Å².